The van der Waals surface area contributed by atoms with Crippen LogP contribution in [-0.2, 0) is 6.54 Å². The number of nitrogens with zero attached hydrogens (tertiary/aromatic N) is 4. The summed E-state index contributed by atoms with van der Waals surface area (Å²) < 4.78 is 0. The standard InChI is InChI=1S/C18H31N5S.HI/c1-4-19-18(20-11-17-21-14(2)15(3)24-17)23-10-7-16(13-23)12-22-8-5-6-9-22;/h16H,4-13H2,1-3H3,(H,19,20);1H. The van der Waals surface area contributed by atoms with Crippen molar-refractivity contribution in [3.05, 3.63) is 15.6 Å². The maximum atomic E-state index is 4.85. The Kier molecular flexibility index (Phi) is 8.41. The van der Waals surface area contributed by atoms with E-state index in [1.807, 2.05) is 0 Å². The molecule has 2 aliphatic heterocycles. The van der Waals surface area contributed by atoms with E-state index in [2.05, 4.69) is 40.9 Å². The Morgan fingerprint density at radius 2 is 2.04 bits per heavy atom. The summed E-state index contributed by atoms with van der Waals surface area (Å²) >= 11 is 1.77. The molecule has 0 aromatic carbocycles. The van der Waals surface area contributed by atoms with E-state index in [4.69, 9.17) is 4.99 Å². The largest absolute Gasteiger partial charge is 0.357 e. The summed E-state index contributed by atoms with van der Waals surface area (Å²) in [6.45, 7) is 14.1. The van der Waals surface area contributed by atoms with Gasteiger partial charge in [-0.2, -0.15) is 0 Å². The molecule has 142 valence electrons. The molecule has 3 heterocycles. The van der Waals surface area contributed by atoms with Gasteiger partial charge in [-0.05, 0) is 59.0 Å². The molecule has 0 amide bonds. The van der Waals surface area contributed by atoms with Crippen LogP contribution in [0, 0.1) is 19.8 Å². The highest BCUT2D eigenvalue weighted by Gasteiger charge is 2.27. The van der Waals surface area contributed by atoms with Crippen molar-refractivity contribution in [2.75, 3.05) is 39.3 Å². The number of aryl methyl sites for hydroxylation is 2. The molecule has 0 spiro atoms. The summed E-state index contributed by atoms with van der Waals surface area (Å²) in [5.74, 6) is 1.85. The van der Waals surface area contributed by atoms with Crippen molar-refractivity contribution in [3.8, 4) is 0 Å². The van der Waals surface area contributed by atoms with Gasteiger partial charge in [0.1, 0.15) is 5.01 Å². The number of hydrogen-bond donors (Lipinski definition) is 1. The van der Waals surface area contributed by atoms with E-state index in [1.165, 1.54) is 43.8 Å². The Morgan fingerprint density at radius 1 is 1.28 bits per heavy atom. The number of aliphatic imine (C=N–C) groups is 1. The summed E-state index contributed by atoms with van der Waals surface area (Å²) in [5.41, 5.74) is 1.14. The Bertz CT molecular complexity index is 548. The first kappa shape index (κ1) is 20.9. The van der Waals surface area contributed by atoms with Gasteiger partial charge in [0.25, 0.3) is 0 Å². The first-order chi connectivity index (χ1) is 11.7. The van der Waals surface area contributed by atoms with Crippen LogP contribution in [0.5, 0.6) is 0 Å². The molecule has 5 nitrogen and oxygen atoms in total. The fourth-order valence-electron chi connectivity index (χ4n) is 3.68. The zero-order valence-corrected chi connectivity index (χ0v) is 18.9. The van der Waals surface area contributed by atoms with Gasteiger partial charge in [-0.15, -0.1) is 35.3 Å². The lowest BCUT2D eigenvalue weighted by Crippen LogP contribution is -2.40. The molecule has 0 radical (unpaired) electrons. The lowest BCUT2D eigenvalue weighted by molar-refractivity contribution is 0.281. The highest BCUT2D eigenvalue weighted by molar-refractivity contribution is 14.0. The summed E-state index contributed by atoms with van der Waals surface area (Å²) in [7, 11) is 0. The van der Waals surface area contributed by atoms with E-state index in [1.54, 1.807) is 11.3 Å². The lowest BCUT2D eigenvalue weighted by atomic mass is 10.1. The first-order valence-corrected chi connectivity index (χ1v) is 10.2. The molecule has 1 aromatic rings. The summed E-state index contributed by atoms with van der Waals surface area (Å²) in [4.78, 5) is 15.8. The van der Waals surface area contributed by atoms with Crippen molar-refractivity contribution < 1.29 is 0 Å². The van der Waals surface area contributed by atoms with Crippen molar-refractivity contribution in [2.45, 2.75) is 46.6 Å². The third kappa shape index (κ3) is 5.79. The predicted octanol–water partition coefficient (Wildman–Crippen LogP) is 3.26. The third-order valence-electron chi connectivity index (χ3n) is 5.07. The van der Waals surface area contributed by atoms with Gasteiger partial charge in [0.2, 0.25) is 0 Å². The second-order valence-electron chi connectivity index (χ2n) is 7.03. The highest BCUT2D eigenvalue weighted by atomic mass is 127. The molecule has 2 saturated heterocycles. The van der Waals surface area contributed by atoms with Crippen molar-refractivity contribution in [3.63, 3.8) is 0 Å². The SMILES string of the molecule is CCNC(=NCc1nc(C)c(C)s1)N1CCC(CN2CCCC2)C1.I. The molecule has 3 rings (SSSR count). The van der Waals surface area contributed by atoms with Crippen molar-refractivity contribution in [2.24, 2.45) is 10.9 Å². The molecule has 2 aliphatic rings. The van der Waals surface area contributed by atoms with Crippen LogP contribution in [0.3, 0.4) is 0 Å². The average molecular weight is 477 g/mol. The quantitative estimate of drug-likeness (QED) is 0.402. The van der Waals surface area contributed by atoms with E-state index in [0.29, 0.717) is 6.54 Å². The number of hydrogen-bond acceptors (Lipinski definition) is 4. The third-order valence-corrected chi connectivity index (χ3v) is 6.13. The molecule has 25 heavy (non-hydrogen) atoms. The molecule has 0 aliphatic carbocycles. The zero-order valence-electron chi connectivity index (χ0n) is 15.8. The van der Waals surface area contributed by atoms with E-state index >= 15 is 0 Å². The second-order valence-corrected chi connectivity index (χ2v) is 8.32. The monoisotopic (exact) mass is 477 g/mol. The van der Waals surface area contributed by atoms with Gasteiger partial charge < -0.3 is 15.1 Å². The number of likely N-dealkylation sites (tertiary alicyclic amines) is 2. The van der Waals surface area contributed by atoms with Gasteiger partial charge in [0.05, 0.1) is 12.2 Å². The molecule has 2 fully saturated rings. The molecule has 1 unspecified atom stereocenters. The Morgan fingerprint density at radius 3 is 2.68 bits per heavy atom. The van der Waals surface area contributed by atoms with Crippen LogP contribution >= 0.6 is 35.3 Å². The maximum Gasteiger partial charge on any atom is 0.194 e. The van der Waals surface area contributed by atoms with Crippen molar-refractivity contribution >= 4 is 41.3 Å². The Labute approximate surface area is 173 Å². The van der Waals surface area contributed by atoms with Crippen LogP contribution in [0.4, 0.5) is 0 Å². The molecule has 1 atom stereocenters. The molecular weight excluding hydrogens is 445 g/mol. The zero-order chi connectivity index (χ0) is 16.9. The Balaban J connectivity index is 0.00000225. The topological polar surface area (TPSA) is 43.8 Å². The van der Waals surface area contributed by atoms with Crippen molar-refractivity contribution in [1.29, 1.82) is 0 Å². The average Bonchev–Trinajstić information content (AvgIpc) is 3.28. The number of guanidine groups is 1. The molecular formula is C18H32IN5S. The lowest BCUT2D eigenvalue weighted by Gasteiger charge is -2.23. The van der Waals surface area contributed by atoms with Crippen molar-refractivity contribution in [1.82, 2.24) is 20.1 Å². The molecule has 1 N–H and O–H groups in total. The molecule has 1 aromatic heterocycles. The maximum absolute atomic E-state index is 4.85. The van der Waals surface area contributed by atoms with E-state index in [-0.39, 0.29) is 24.0 Å². The van der Waals surface area contributed by atoms with Crippen LogP contribution in [0.15, 0.2) is 4.99 Å². The van der Waals surface area contributed by atoms with Gasteiger partial charge in [-0.25, -0.2) is 9.98 Å². The summed E-state index contributed by atoms with van der Waals surface area (Å²) in [6, 6.07) is 0. The van der Waals surface area contributed by atoms with Crippen LogP contribution in [0.25, 0.3) is 0 Å². The number of thiazole rings is 1. The minimum atomic E-state index is 0. The van der Waals surface area contributed by atoms with E-state index in [0.717, 1.165) is 42.2 Å². The second kappa shape index (κ2) is 10.1. The Hall–Kier alpha value is -0.410. The first-order valence-electron chi connectivity index (χ1n) is 9.34. The van der Waals surface area contributed by atoms with E-state index in [9.17, 15) is 0 Å². The van der Waals surface area contributed by atoms with Crippen LogP contribution in [0.2, 0.25) is 0 Å². The summed E-state index contributed by atoms with van der Waals surface area (Å²) in [6.07, 6.45) is 4.05. The minimum absolute atomic E-state index is 0. The molecule has 0 saturated carbocycles. The number of halogens is 1. The highest BCUT2D eigenvalue weighted by Crippen LogP contribution is 2.21. The van der Waals surface area contributed by atoms with Crippen LogP contribution < -0.4 is 5.32 Å². The van der Waals surface area contributed by atoms with Gasteiger partial charge in [-0.3, -0.25) is 0 Å². The molecule has 7 heteroatoms. The normalized spacial score (nSPS) is 21.6. The number of nitrogens with one attached hydrogen (secondary N) is 1. The van der Waals surface area contributed by atoms with Gasteiger partial charge in [0.15, 0.2) is 5.96 Å². The number of rotatable bonds is 5. The van der Waals surface area contributed by atoms with Gasteiger partial charge >= 0.3 is 0 Å². The fraction of sp³-hybridized carbons (Fsp3) is 0.778. The smallest absolute Gasteiger partial charge is 0.194 e. The van der Waals surface area contributed by atoms with Crippen LogP contribution in [-0.4, -0.2) is 60.0 Å². The van der Waals surface area contributed by atoms with Gasteiger partial charge in [0, 0.05) is 31.1 Å². The van der Waals surface area contributed by atoms with Crippen LogP contribution in [0.1, 0.15) is 41.8 Å². The van der Waals surface area contributed by atoms with Gasteiger partial charge in [-0.1, -0.05) is 0 Å². The summed E-state index contributed by atoms with van der Waals surface area (Å²) in [5, 5.41) is 4.59. The number of aromatic nitrogens is 1. The molecule has 0 bridgehead atoms. The predicted molar refractivity (Wildman–Crippen MR) is 117 cm³/mol. The fourth-order valence-corrected chi connectivity index (χ4v) is 4.54. The minimum Gasteiger partial charge on any atom is -0.357 e. The van der Waals surface area contributed by atoms with E-state index < -0.39 is 0 Å².